The average molecular weight is 700 g/mol. The molecule has 10 rings (SSSR count). The van der Waals surface area contributed by atoms with E-state index in [1.165, 1.54) is 76.8 Å². The minimum Gasteiger partial charge on any atom is -0.310 e. The smallest absolute Gasteiger partial charge is 0.0540 e. The van der Waals surface area contributed by atoms with Gasteiger partial charge < -0.3 is 4.90 Å². The first-order chi connectivity index (χ1) is 27.3. The third kappa shape index (κ3) is 6.02. The molecule has 10 aromatic rings. The lowest BCUT2D eigenvalue weighted by molar-refractivity contribution is 1.28. The second kappa shape index (κ2) is 14.0. The van der Waals surface area contributed by atoms with Gasteiger partial charge in [-0.1, -0.05) is 188 Å². The normalized spacial score (nSPS) is 11.3. The highest BCUT2D eigenvalue weighted by Crippen LogP contribution is 2.43. The van der Waals surface area contributed by atoms with Crippen LogP contribution >= 0.6 is 0 Å². The van der Waals surface area contributed by atoms with E-state index < -0.39 is 0 Å². The summed E-state index contributed by atoms with van der Waals surface area (Å²) in [4.78, 5) is 2.39. The zero-order valence-corrected chi connectivity index (χ0v) is 30.3. The maximum Gasteiger partial charge on any atom is 0.0540 e. The summed E-state index contributed by atoms with van der Waals surface area (Å²) in [5.74, 6) is 0. The van der Waals surface area contributed by atoms with Crippen molar-refractivity contribution < 1.29 is 0 Å². The van der Waals surface area contributed by atoms with Crippen LogP contribution in [0.25, 0.3) is 76.8 Å². The van der Waals surface area contributed by atoms with Crippen LogP contribution in [-0.4, -0.2) is 0 Å². The van der Waals surface area contributed by atoms with E-state index in [-0.39, 0.29) is 0 Å². The highest BCUT2D eigenvalue weighted by Gasteiger charge is 2.18. The van der Waals surface area contributed by atoms with Gasteiger partial charge in [0.05, 0.1) is 5.69 Å². The molecule has 0 heterocycles. The lowest BCUT2D eigenvalue weighted by Gasteiger charge is -2.28. The van der Waals surface area contributed by atoms with Gasteiger partial charge in [-0.3, -0.25) is 0 Å². The molecule has 1 nitrogen and oxygen atoms in total. The maximum absolute atomic E-state index is 2.39. The van der Waals surface area contributed by atoms with Gasteiger partial charge in [0, 0.05) is 16.9 Å². The van der Waals surface area contributed by atoms with Crippen molar-refractivity contribution in [3.05, 3.63) is 224 Å². The van der Waals surface area contributed by atoms with Crippen molar-refractivity contribution in [3.63, 3.8) is 0 Å². The fraction of sp³-hybridized carbons (Fsp3) is 0. The standard InChI is InChI=1S/C54H37N/c1-3-13-38(14-4-1)39-23-25-40(26-24-39)41-29-33-46(34-30-41)55(53-22-12-11-18-48(53)42-15-5-2-6-16-42)47-35-31-44(32-36-47)52-37-45-28-27-43-17-7-8-19-49(43)54(45)51-21-10-9-20-50(51)52/h1-37H. The van der Waals surface area contributed by atoms with Crippen LogP contribution < -0.4 is 4.90 Å². The summed E-state index contributed by atoms with van der Waals surface area (Å²) < 4.78 is 0. The predicted octanol–water partition coefficient (Wildman–Crippen LogP) is 15.3. The van der Waals surface area contributed by atoms with Gasteiger partial charge in [0.25, 0.3) is 0 Å². The van der Waals surface area contributed by atoms with E-state index in [9.17, 15) is 0 Å². The Balaban J connectivity index is 1.07. The van der Waals surface area contributed by atoms with Crippen molar-refractivity contribution in [2.45, 2.75) is 0 Å². The summed E-state index contributed by atoms with van der Waals surface area (Å²) in [5, 5.41) is 7.67. The molecule has 0 saturated carbocycles. The van der Waals surface area contributed by atoms with Gasteiger partial charge in [0.2, 0.25) is 0 Å². The molecule has 0 spiro atoms. The van der Waals surface area contributed by atoms with Crippen LogP contribution in [0.15, 0.2) is 224 Å². The molecule has 55 heavy (non-hydrogen) atoms. The summed E-state index contributed by atoms with van der Waals surface area (Å²) in [5.41, 5.74) is 13.0. The van der Waals surface area contributed by atoms with Crippen LogP contribution in [0.2, 0.25) is 0 Å². The van der Waals surface area contributed by atoms with Crippen molar-refractivity contribution in [1.29, 1.82) is 0 Å². The van der Waals surface area contributed by atoms with E-state index in [0.29, 0.717) is 0 Å². The molecule has 0 aliphatic rings. The molecule has 0 amide bonds. The van der Waals surface area contributed by atoms with Gasteiger partial charge in [0.1, 0.15) is 0 Å². The lowest BCUT2D eigenvalue weighted by Crippen LogP contribution is -2.11. The van der Waals surface area contributed by atoms with Crippen LogP contribution in [0.3, 0.4) is 0 Å². The topological polar surface area (TPSA) is 3.24 Å². The molecule has 0 aromatic heterocycles. The van der Waals surface area contributed by atoms with Gasteiger partial charge in [-0.25, -0.2) is 0 Å². The zero-order chi connectivity index (χ0) is 36.6. The van der Waals surface area contributed by atoms with Crippen molar-refractivity contribution in [2.24, 2.45) is 0 Å². The minimum atomic E-state index is 1.10. The van der Waals surface area contributed by atoms with E-state index in [1.54, 1.807) is 0 Å². The number of benzene rings is 10. The molecule has 0 radical (unpaired) electrons. The number of hydrogen-bond acceptors (Lipinski definition) is 1. The number of hydrogen-bond donors (Lipinski definition) is 0. The second-order valence-corrected chi connectivity index (χ2v) is 14.1. The number of anilines is 3. The van der Waals surface area contributed by atoms with Gasteiger partial charge >= 0.3 is 0 Å². The van der Waals surface area contributed by atoms with E-state index >= 15 is 0 Å². The first kappa shape index (κ1) is 32.4. The Labute approximate surface area is 322 Å². The predicted molar refractivity (Wildman–Crippen MR) is 235 cm³/mol. The highest BCUT2D eigenvalue weighted by molar-refractivity contribution is 6.23. The molecule has 0 bridgehead atoms. The molecule has 0 unspecified atom stereocenters. The first-order valence-corrected chi connectivity index (χ1v) is 18.9. The van der Waals surface area contributed by atoms with Crippen LogP contribution in [0, 0.1) is 0 Å². The van der Waals surface area contributed by atoms with Crippen LogP contribution in [0.1, 0.15) is 0 Å². The molecule has 1 heteroatoms. The molecular weight excluding hydrogens is 663 g/mol. The van der Waals surface area contributed by atoms with E-state index in [4.69, 9.17) is 0 Å². The molecule has 0 N–H and O–H groups in total. The Kier molecular flexibility index (Phi) is 8.24. The minimum absolute atomic E-state index is 1.10. The summed E-state index contributed by atoms with van der Waals surface area (Å²) >= 11 is 0. The van der Waals surface area contributed by atoms with Gasteiger partial charge in [-0.05, 0) is 108 Å². The monoisotopic (exact) mass is 699 g/mol. The fourth-order valence-corrected chi connectivity index (χ4v) is 8.15. The molecule has 0 fully saturated rings. The Morgan fingerprint density at radius 1 is 0.255 bits per heavy atom. The first-order valence-electron chi connectivity index (χ1n) is 18.9. The van der Waals surface area contributed by atoms with Crippen molar-refractivity contribution >= 4 is 49.4 Å². The Bertz CT molecular complexity index is 2930. The largest absolute Gasteiger partial charge is 0.310 e. The molecule has 0 aliphatic carbocycles. The SMILES string of the molecule is c1ccc(-c2ccc(-c3ccc(N(c4ccc(-c5cc6ccc7ccccc7c6c6ccccc56)cc4)c4ccccc4-c4ccccc4)cc3)cc2)cc1. The summed E-state index contributed by atoms with van der Waals surface area (Å²) in [6.45, 7) is 0. The van der Waals surface area contributed by atoms with Crippen LogP contribution in [0.5, 0.6) is 0 Å². The fourth-order valence-electron chi connectivity index (χ4n) is 8.15. The molecule has 0 aliphatic heterocycles. The maximum atomic E-state index is 2.39. The quantitative estimate of drug-likeness (QED) is 0.150. The third-order valence-corrected chi connectivity index (χ3v) is 10.9. The molecule has 10 aromatic carbocycles. The molecular formula is C54H37N. The Morgan fingerprint density at radius 2 is 0.691 bits per heavy atom. The second-order valence-electron chi connectivity index (χ2n) is 14.1. The Hall–Kier alpha value is -7.22. The molecule has 0 saturated heterocycles. The van der Waals surface area contributed by atoms with Crippen LogP contribution in [-0.2, 0) is 0 Å². The summed E-state index contributed by atoms with van der Waals surface area (Å²) in [6, 6.07) is 81.3. The van der Waals surface area contributed by atoms with Gasteiger partial charge in [-0.2, -0.15) is 0 Å². The van der Waals surface area contributed by atoms with E-state index in [1.807, 2.05) is 0 Å². The zero-order valence-electron chi connectivity index (χ0n) is 30.3. The summed E-state index contributed by atoms with van der Waals surface area (Å²) in [7, 11) is 0. The molecule has 258 valence electrons. The van der Waals surface area contributed by atoms with Gasteiger partial charge in [0.15, 0.2) is 0 Å². The molecule has 0 atom stereocenters. The highest BCUT2D eigenvalue weighted by atomic mass is 15.1. The lowest BCUT2D eigenvalue weighted by atomic mass is 9.90. The number of fused-ring (bicyclic) bond motifs is 5. The average Bonchev–Trinajstić information content (AvgIpc) is 3.27. The van der Waals surface area contributed by atoms with Crippen molar-refractivity contribution in [2.75, 3.05) is 4.90 Å². The summed E-state index contributed by atoms with van der Waals surface area (Å²) in [6.07, 6.45) is 0. The van der Waals surface area contributed by atoms with Crippen LogP contribution in [0.4, 0.5) is 17.1 Å². The number of nitrogens with zero attached hydrogens (tertiary/aromatic N) is 1. The van der Waals surface area contributed by atoms with E-state index in [2.05, 4.69) is 229 Å². The third-order valence-electron chi connectivity index (χ3n) is 10.9. The number of rotatable bonds is 7. The number of para-hydroxylation sites is 1. The van der Waals surface area contributed by atoms with Gasteiger partial charge in [-0.15, -0.1) is 0 Å². The van der Waals surface area contributed by atoms with E-state index in [0.717, 1.165) is 17.1 Å². The van der Waals surface area contributed by atoms with Crippen molar-refractivity contribution in [3.8, 4) is 44.5 Å². The van der Waals surface area contributed by atoms with Crippen molar-refractivity contribution in [1.82, 2.24) is 0 Å². The Morgan fingerprint density at radius 3 is 1.35 bits per heavy atom.